The van der Waals surface area contributed by atoms with E-state index >= 15 is 0 Å². The molecule has 0 aliphatic carbocycles. The molecule has 0 bridgehead atoms. The molecule has 3 aromatic carbocycles. The second kappa shape index (κ2) is 16.5. The van der Waals surface area contributed by atoms with Crippen molar-refractivity contribution in [3.8, 4) is 33.8 Å². The molecule has 6 heteroatoms. The fraction of sp³-hybridized carbons (Fsp3) is 0. The van der Waals surface area contributed by atoms with Crippen LogP contribution in [0.1, 0.15) is 5.56 Å². The molecule has 0 saturated heterocycles. The molecule has 6 aromatic rings. The summed E-state index contributed by atoms with van der Waals surface area (Å²) in [5.74, 6) is -1.39. The van der Waals surface area contributed by atoms with Crippen LogP contribution in [0.5, 0.6) is 0 Å². The maximum absolute atomic E-state index is 13.9. The van der Waals surface area contributed by atoms with E-state index < -0.39 is 11.6 Å². The van der Waals surface area contributed by atoms with E-state index in [1.807, 2.05) is 72.8 Å². The number of hydrogen-bond donors (Lipinski definition) is 0. The first-order valence-electron chi connectivity index (χ1n) is 12.4. The van der Waals surface area contributed by atoms with Gasteiger partial charge in [-0.25, -0.2) is 6.08 Å². The first-order valence-corrected chi connectivity index (χ1v) is 12.4. The first-order chi connectivity index (χ1) is 19.7. The Morgan fingerprint density at radius 2 is 1.07 bits per heavy atom. The summed E-state index contributed by atoms with van der Waals surface area (Å²) >= 11 is 0. The summed E-state index contributed by atoms with van der Waals surface area (Å²) in [4.78, 5) is 12.3. The van der Waals surface area contributed by atoms with E-state index in [4.69, 9.17) is 6.58 Å². The molecule has 0 aliphatic heterocycles. The van der Waals surface area contributed by atoms with Gasteiger partial charge in [-0.05, 0) is 23.9 Å². The van der Waals surface area contributed by atoms with E-state index in [1.54, 1.807) is 61.1 Å². The molecule has 41 heavy (non-hydrogen) atoms. The van der Waals surface area contributed by atoms with Crippen molar-refractivity contribution >= 4 is 6.08 Å². The van der Waals surface area contributed by atoms with Crippen LogP contribution in [0.3, 0.4) is 0 Å². The molecule has 0 aliphatic rings. The summed E-state index contributed by atoms with van der Waals surface area (Å²) in [6.07, 6.45) is 6.47. The quantitative estimate of drug-likeness (QED) is 0.172. The van der Waals surface area contributed by atoms with Crippen LogP contribution in [0.15, 0.2) is 134 Å². The molecule has 0 saturated carbocycles. The van der Waals surface area contributed by atoms with Gasteiger partial charge in [0.25, 0.3) is 0 Å². The fourth-order valence-corrected chi connectivity index (χ4v) is 3.53. The van der Waals surface area contributed by atoms with Gasteiger partial charge in [-0.1, -0.05) is 71.8 Å². The van der Waals surface area contributed by atoms with Crippen molar-refractivity contribution in [3.63, 3.8) is 0 Å². The van der Waals surface area contributed by atoms with Crippen LogP contribution < -0.4 is 0 Å². The molecule has 0 radical (unpaired) electrons. The Labute approximate surface area is 252 Å². The zero-order valence-electron chi connectivity index (χ0n) is 21.8. The molecule has 0 fully saturated rings. The molecule has 3 nitrogen and oxygen atoms in total. The molecule has 0 N–H and O–H groups in total. The third-order valence-electron chi connectivity index (χ3n) is 5.47. The van der Waals surface area contributed by atoms with Gasteiger partial charge in [-0.3, -0.25) is 25.3 Å². The molecular formula is C35H24F2IrN3. The smallest absolute Gasteiger partial charge is 0.305 e. The molecule has 0 amide bonds. The van der Waals surface area contributed by atoms with E-state index in [0.717, 1.165) is 22.9 Å². The van der Waals surface area contributed by atoms with Crippen LogP contribution in [0.4, 0.5) is 8.78 Å². The third-order valence-corrected chi connectivity index (χ3v) is 5.47. The number of rotatable bonds is 4. The Kier molecular flexibility index (Phi) is 12.4. The summed E-state index contributed by atoms with van der Waals surface area (Å²) in [5, 5.41) is 0. The van der Waals surface area contributed by atoms with E-state index in [-0.39, 0.29) is 31.2 Å². The third kappa shape index (κ3) is 9.21. The average molecular weight is 717 g/mol. The predicted octanol–water partition coefficient (Wildman–Crippen LogP) is 8.57. The molecule has 3 aromatic heterocycles. The maximum atomic E-state index is 13.9. The Morgan fingerprint density at radius 1 is 0.585 bits per heavy atom. The molecule has 202 valence electrons. The van der Waals surface area contributed by atoms with Crippen molar-refractivity contribution in [1.29, 1.82) is 0 Å². The van der Waals surface area contributed by atoms with Crippen LogP contribution >= 0.6 is 0 Å². The van der Waals surface area contributed by atoms with Crippen molar-refractivity contribution in [2.45, 2.75) is 0 Å². The Bertz CT molecular complexity index is 1500. The number of pyridine rings is 3. The van der Waals surface area contributed by atoms with Crippen molar-refractivity contribution in [3.05, 3.63) is 170 Å². The molecule has 6 rings (SSSR count). The van der Waals surface area contributed by atoms with Gasteiger partial charge < -0.3 is 4.98 Å². The van der Waals surface area contributed by atoms with Gasteiger partial charge >= 0.3 is 20.1 Å². The summed E-state index contributed by atoms with van der Waals surface area (Å²) < 4.78 is 27.8. The SMILES string of the molecule is Fc1cc(F)c(-c2ccccn2)[c-]c1-c1ccccn1.[CH-]=Cc1ccccc1.[Ir+3].[c-]1ccccc1-c1ccccn1. The number of nitrogens with zero attached hydrogens (tertiary/aromatic N) is 3. The second-order valence-corrected chi connectivity index (χ2v) is 8.21. The van der Waals surface area contributed by atoms with E-state index in [9.17, 15) is 8.78 Å². The summed E-state index contributed by atoms with van der Waals surface area (Å²) in [6.45, 7) is 5.22. The van der Waals surface area contributed by atoms with Crippen molar-refractivity contribution in [1.82, 2.24) is 15.0 Å². The van der Waals surface area contributed by atoms with E-state index in [2.05, 4.69) is 27.1 Å². The van der Waals surface area contributed by atoms with E-state index in [0.29, 0.717) is 11.4 Å². The first kappa shape index (κ1) is 30.9. The minimum atomic E-state index is -0.694. The van der Waals surface area contributed by atoms with Gasteiger partial charge in [0, 0.05) is 30.0 Å². The molecule has 3 heterocycles. The van der Waals surface area contributed by atoms with Gasteiger partial charge in [-0.15, -0.1) is 54.1 Å². The van der Waals surface area contributed by atoms with Gasteiger partial charge in [0.05, 0.1) is 11.6 Å². The van der Waals surface area contributed by atoms with E-state index in [1.165, 1.54) is 0 Å². The fourth-order valence-electron chi connectivity index (χ4n) is 3.53. The number of benzene rings is 3. The monoisotopic (exact) mass is 717 g/mol. The Balaban J connectivity index is 0.000000187. The molecule has 0 atom stereocenters. The van der Waals surface area contributed by atoms with Gasteiger partial charge in [-0.2, -0.15) is 5.56 Å². The van der Waals surface area contributed by atoms with Crippen molar-refractivity contribution in [2.75, 3.05) is 0 Å². The normalized spacial score (nSPS) is 9.61. The molecular weight excluding hydrogens is 693 g/mol. The largest absolute Gasteiger partial charge is 3.00 e. The second-order valence-electron chi connectivity index (χ2n) is 8.21. The number of hydrogen-bond acceptors (Lipinski definition) is 3. The molecule has 0 spiro atoms. The standard InChI is InChI=1S/C16H9F2N2.C11H8N.C8H7.Ir/c17-13-10-14(18)12(16-6-2-4-8-20-16)9-11(13)15-5-1-3-7-19-15;1-2-6-10(7-3-1)11-8-4-5-9-12-11;1-2-8-6-4-3-5-7-8;/h1-8,10H;1-6,8-9H;1-7H;/q3*-1;+3. The molecule has 0 unspecified atom stereocenters. The Hall–Kier alpha value is -4.64. The summed E-state index contributed by atoms with van der Waals surface area (Å²) in [5.41, 5.74) is 4.15. The minimum absolute atomic E-state index is 0. The van der Waals surface area contributed by atoms with Crippen LogP contribution in [0.25, 0.3) is 39.8 Å². The zero-order valence-corrected chi connectivity index (χ0v) is 24.2. The topological polar surface area (TPSA) is 38.7 Å². The average Bonchev–Trinajstić information content (AvgIpc) is 3.04. The summed E-state index contributed by atoms with van der Waals surface area (Å²) in [6, 6.07) is 40.4. The van der Waals surface area contributed by atoms with Crippen LogP contribution in [0.2, 0.25) is 0 Å². The Morgan fingerprint density at radius 3 is 1.49 bits per heavy atom. The van der Waals surface area contributed by atoms with Crippen LogP contribution in [-0.2, 0) is 20.1 Å². The summed E-state index contributed by atoms with van der Waals surface area (Å²) in [7, 11) is 0. The van der Waals surface area contributed by atoms with Crippen molar-refractivity contribution in [2.24, 2.45) is 0 Å². The van der Waals surface area contributed by atoms with Gasteiger partial charge in [0.1, 0.15) is 0 Å². The number of aromatic nitrogens is 3. The minimum Gasteiger partial charge on any atom is -0.305 e. The van der Waals surface area contributed by atoms with Gasteiger partial charge in [0.2, 0.25) is 0 Å². The van der Waals surface area contributed by atoms with Crippen LogP contribution in [-0.4, -0.2) is 15.0 Å². The maximum Gasteiger partial charge on any atom is 3.00 e. The van der Waals surface area contributed by atoms with Crippen LogP contribution in [0, 0.1) is 30.3 Å². The van der Waals surface area contributed by atoms with Crippen molar-refractivity contribution < 1.29 is 28.9 Å². The predicted molar refractivity (Wildman–Crippen MR) is 155 cm³/mol. The zero-order chi connectivity index (χ0) is 28.0. The van der Waals surface area contributed by atoms with Gasteiger partial charge in [0.15, 0.2) is 0 Å². The number of halogens is 2.